The minimum atomic E-state index is 0.661. The summed E-state index contributed by atoms with van der Waals surface area (Å²) in [6, 6.07) is 0. The van der Waals surface area contributed by atoms with Crippen molar-refractivity contribution in [3.8, 4) is 0 Å². The van der Waals surface area contributed by atoms with Crippen LogP contribution in [-0.4, -0.2) is 0 Å². The highest BCUT2D eigenvalue weighted by Gasteiger charge is 2.44. The molecule has 3 fully saturated rings. The van der Waals surface area contributed by atoms with Gasteiger partial charge in [0, 0.05) is 0 Å². The summed E-state index contributed by atoms with van der Waals surface area (Å²) >= 11 is 0. The van der Waals surface area contributed by atoms with Crippen LogP contribution >= 0.6 is 0 Å². The third kappa shape index (κ3) is 2.95. The monoisotopic (exact) mass is 300 g/mol. The Kier molecular flexibility index (Phi) is 4.86. The van der Waals surface area contributed by atoms with Gasteiger partial charge in [-0.25, -0.2) is 0 Å². The molecule has 5 atom stereocenters. The SMILES string of the molecule is C=C1C(CC2CCC(C)CC2)C(C)C(=C)C2C(C)CCCC12. The molecule has 3 rings (SSSR count). The molecule has 0 aromatic heterocycles. The number of hydrogen-bond acceptors (Lipinski definition) is 0. The van der Waals surface area contributed by atoms with Gasteiger partial charge in [-0.05, 0) is 54.3 Å². The second-order valence-electron chi connectivity index (χ2n) is 8.95. The van der Waals surface area contributed by atoms with Gasteiger partial charge < -0.3 is 0 Å². The smallest absolute Gasteiger partial charge is 0.0112 e. The lowest BCUT2D eigenvalue weighted by Gasteiger charge is -2.50. The van der Waals surface area contributed by atoms with E-state index in [1.54, 1.807) is 11.1 Å². The molecular formula is C22H36. The van der Waals surface area contributed by atoms with E-state index in [1.807, 2.05) is 0 Å². The van der Waals surface area contributed by atoms with Gasteiger partial charge in [0.15, 0.2) is 0 Å². The fourth-order valence-corrected chi connectivity index (χ4v) is 5.89. The summed E-state index contributed by atoms with van der Waals surface area (Å²) in [4.78, 5) is 0. The molecule has 0 N–H and O–H groups in total. The second-order valence-corrected chi connectivity index (χ2v) is 8.95. The fourth-order valence-electron chi connectivity index (χ4n) is 5.89. The molecular weight excluding hydrogens is 264 g/mol. The van der Waals surface area contributed by atoms with Crippen LogP contribution in [0.1, 0.15) is 72.1 Å². The Hall–Kier alpha value is -0.520. The maximum atomic E-state index is 4.64. The maximum Gasteiger partial charge on any atom is -0.0112 e. The van der Waals surface area contributed by atoms with Crippen molar-refractivity contribution in [3.05, 3.63) is 24.3 Å². The van der Waals surface area contributed by atoms with E-state index < -0.39 is 0 Å². The summed E-state index contributed by atoms with van der Waals surface area (Å²) in [5.74, 6) is 5.60. The molecule has 0 saturated heterocycles. The number of hydrogen-bond donors (Lipinski definition) is 0. The summed E-state index contributed by atoms with van der Waals surface area (Å²) in [7, 11) is 0. The van der Waals surface area contributed by atoms with Crippen LogP contribution < -0.4 is 0 Å². The van der Waals surface area contributed by atoms with E-state index in [-0.39, 0.29) is 0 Å². The predicted molar refractivity (Wildman–Crippen MR) is 96.7 cm³/mol. The van der Waals surface area contributed by atoms with Gasteiger partial charge in [0.25, 0.3) is 0 Å². The van der Waals surface area contributed by atoms with Crippen LogP contribution in [0, 0.1) is 41.4 Å². The van der Waals surface area contributed by atoms with Crippen LogP contribution in [0.4, 0.5) is 0 Å². The Morgan fingerprint density at radius 1 is 0.864 bits per heavy atom. The Morgan fingerprint density at radius 3 is 2.23 bits per heavy atom. The van der Waals surface area contributed by atoms with E-state index in [2.05, 4.69) is 33.9 Å². The summed E-state index contributed by atoms with van der Waals surface area (Å²) in [6.45, 7) is 16.5. The molecule has 3 aliphatic rings. The van der Waals surface area contributed by atoms with Gasteiger partial charge in [-0.1, -0.05) is 83.6 Å². The molecule has 5 unspecified atom stereocenters. The first-order valence-corrected chi connectivity index (χ1v) is 9.86. The van der Waals surface area contributed by atoms with E-state index in [0.29, 0.717) is 5.92 Å². The third-order valence-corrected chi connectivity index (χ3v) is 7.51. The Bertz CT molecular complexity index is 423. The molecule has 3 saturated carbocycles. The van der Waals surface area contributed by atoms with Crippen molar-refractivity contribution in [2.75, 3.05) is 0 Å². The van der Waals surface area contributed by atoms with E-state index >= 15 is 0 Å². The highest BCUT2D eigenvalue weighted by atomic mass is 14.5. The van der Waals surface area contributed by atoms with Crippen molar-refractivity contribution in [3.63, 3.8) is 0 Å². The average Bonchev–Trinajstić information content (AvgIpc) is 2.51. The van der Waals surface area contributed by atoms with E-state index in [4.69, 9.17) is 0 Å². The van der Waals surface area contributed by atoms with Gasteiger partial charge in [-0.15, -0.1) is 0 Å². The lowest BCUT2D eigenvalue weighted by molar-refractivity contribution is 0.142. The predicted octanol–water partition coefficient (Wildman–Crippen LogP) is 6.63. The molecule has 0 radical (unpaired) electrons. The minimum Gasteiger partial charge on any atom is -0.0993 e. The first-order valence-electron chi connectivity index (χ1n) is 9.86. The van der Waals surface area contributed by atoms with Crippen LogP contribution in [0.5, 0.6) is 0 Å². The van der Waals surface area contributed by atoms with Gasteiger partial charge in [-0.2, -0.15) is 0 Å². The molecule has 0 nitrogen and oxygen atoms in total. The van der Waals surface area contributed by atoms with E-state index in [0.717, 1.165) is 35.5 Å². The van der Waals surface area contributed by atoms with E-state index in [9.17, 15) is 0 Å². The second kappa shape index (κ2) is 6.54. The van der Waals surface area contributed by atoms with E-state index in [1.165, 1.54) is 51.4 Å². The molecule has 124 valence electrons. The van der Waals surface area contributed by atoms with Crippen molar-refractivity contribution in [1.29, 1.82) is 0 Å². The summed E-state index contributed by atoms with van der Waals surface area (Å²) in [5, 5.41) is 0. The number of rotatable bonds is 2. The largest absolute Gasteiger partial charge is 0.0993 e. The van der Waals surface area contributed by atoms with Crippen LogP contribution in [0.25, 0.3) is 0 Å². The molecule has 0 heteroatoms. The summed E-state index contributed by atoms with van der Waals surface area (Å²) in [5.41, 5.74) is 3.17. The fraction of sp³-hybridized carbons (Fsp3) is 0.818. The van der Waals surface area contributed by atoms with Crippen LogP contribution in [0.15, 0.2) is 24.3 Å². The molecule has 0 aromatic carbocycles. The standard InChI is InChI=1S/C22H36/c1-14-9-11-19(12-10-14)13-21-16(3)17(4)22-15(2)7-6-8-20(22)18(21)5/h14-16,19-22H,4-13H2,1-3H3. The van der Waals surface area contributed by atoms with Crippen molar-refractivity contribution >= 4 is 0 Å². The zero-order chi connectivity index (χ0) is 15.9. The van der Waals surface area contributed by atoms with Gasteiger partial charge >= 0.3 is 0 Å². The Labute approximate surface area is 138 Å². The molecule has 0 spiro atoms. The minimum absolute atomic E-state index is 0.661. The van der Waals surface area contributed by atoms with Crippen molar-refractivity contribution in [1.82, 2.24) is 0 Å². The normalized spacial score (nSPS) is 46.4. The van der Waals surface area contributed by atoms with Gasteiger partial charge in [0.1, 0.15) is 0 Å². The summed E-state index contributed by atoms with van der Waals surface area (Å²) in [6.07, 6.45) is 11.4. The quantitative estimate of drug-likeness (QED) is 0.502. The molecule has 22 heavy (non-hydrogen) atoms. The van der Waals surface area contributed by atoms with Gasteiger partial charge in [0.05, 0.1) is 0 Å². The first-order chi connectivity index (χ1) is 10.5. The van der Waals surface area contributed by atoms with Crippen molar-refractivity contribution < 1.29 is 0 Å². The average molecular weight is 301 g/mol. The molecule has 0 aliphatic heterocycles. The Morgan fingerprint density at radius 2 is 1.55 bits per heavy atom. The lowest BCUT2D eigenvalue weighted by Crippen LogP contribution is -2.40. The number of fused-ring (bicyclic) bond motifs is 1. The lowest BCUT2D eigenvalue weighted by atomic mass is 9.55. The number of allylic oxidation sites excluding steroid dienone is 2. The molecule has 0 amide bonds. The molecule has 3 aliphatic carbocycles. The summed E-state index contributed by atoms with van der Waals surface area (Å²) < 4.78 is 0. The topological polar surface area (TPSA) is 0 Å². The third-order valence-electron chi connectivity index (χ3n) is 7.51. The first kappa shape index (κ1) is 16.3. The molecule has 0 aromatic rings. The maximum absolute atomic E-state index is 4.64. The van der Waals surface area contributed by atoms with Crippen LogP contribution in [-0.2, 0) is 0 Å². The van der Waals surface area contributed by atoms with Crippen molar-refractivity contribution in [2.24, 2.45) is 41.4 Å². The van der Waals surface area contributed by atoms with Crippen molar-refractivity contribution in [2.45, 2.75) is 72.1 Å². The van der Waals surface area contributed by atoms with Gasteiger partial charge in [0.2, 0.25) is 0 Å². The van der Waals surface area contributed by atoms with Crippen LogP contribution in [0.2, 0.25) is 0 Å². The van der Waals surface area contributed by atoms with Gasteiger partial charge in [-0.3, -0.25) is 0 Å². The zero-order valence-electron chi connectivity index (χ0n) is 15.1. The highest BCUT2D eigenvalue weighted by Crippen LogP contribution is 2.54. The Balaban J connectivity index is 1.72. The highest BCUT2D eigenvalue weighted by molar-refractivity contribution is 5.27. The molecule has 0 bridgehead atoms. The zero-order valence-corrected chi connectivity index (χ0v) is 15.1. The van der Waals surface area contributed by atoms with Crippen LogP contribution in [0.3, 0.4) is 0 Å². The molecule has 0 heterocycles.